The van der Waals surface area contributed by atoms with Crippen LogP contribution in [0.2, 0.25) is 0 Å². The van der Waals surface area contributed by atoms with Crippen LogP contribution < -0.4 is 18.9 Å². The van der Waals surface area contributed by atoms with Crippen LogP contribution in [-0.4, -0.2) is 47.0 Å². The summed E-state index contributed by atoms with van der Waals surface area (Å²) in [5.41, 5.74) is 1.55. The van der Waals surface area contributed by atoms with Crippen LogP contribution >= 0.6 is 23.5 Å². The molecule has 1 atom stereocenters. The van der Waals surface area contributed by atoms with Crippen LogP contribution in [-0.2, 0) is 10.8 Å². The Morgan fingerprint density at radius 3 is 1.72 bits per heavy atom. The van der Waals surface area contributed by atoms with Crippen molar-refractivity contribution in [2.75, 3.05) is 20.8 Å². The van der Waals surface area contributed by atoms with Crippen LogP contribution in [0.5, 0.6) is 51.7 Å². The third kappa shape index (κ3) is 12.0. The van der Waals surface area contributed by atoms with Gasteiger partial charge in [0, 0.05) is 22.9 Å². The predicted octanol–water partition coefficient (Wildman–Crippen LogP) is 16.6. The van der Waals surface area contributed by atoms with Crippen molar-refractivity contribution in [1.29, 1.82) is 0 Å². The van der Waals surface area contributed by atoms with Crippen LogP contribution in [0.15, 0.2) is 159 Å². The van der Waals surface area contributed by atoms with E-state index >= 15 is 0 Å². The van der Waals surface area contributed by atoms with Gasteiger partial charge < -0.3 is 39.4 Å². The fourth-order valence-corrected chi connectivity index (χ4v) is 12.3. The minimum atomic E-state index is -0.600. The average Bonchev–Trinajstić information content (AvgIpc) is 3.34. The molecular weight excluding hydrogens is 965 g/mol. The molecule has 0 amide bonds. The standard InChI is InChI=1S/C63H66O9S2/c1-60(2,3)35-62(7,8)40-19-27-49(64)55(30-40)73-56-31-41(20-28-50(56)65)63(9,36-61(4,5)6)37-71-53-29-18-39-16-21-44(32-48(39)59(53)74-58-45-15-13-12-14-38(45)17-26-51(58)66)72-54-34-43(70-11)23-25-47(54)57(68)46-24-22-42(69-10)33-52(46)67/h12-34,64-67H,35-37H2,1-11H3. The Labute approximate surface area is 443 Å². The predicted molar refractivity (Wildman–Crippen MR) is 299 cm³/mol. The molecule has 0 radical (unpaired) electrons. The molecule has 9 nitrogen and oxygen atoms in total. The first kappa shape index (κ1) is 53.3. The molecule has 8 aromatic carbocycles. The van der Waals surface area contributed by atoms with E-state index < -0.39 is 11.2 Å². The number of ether oxygens (including phenoxy) is 4. The largest absolute Gasteiger partial charge is 0.507 e. The van der Waals surface area contributed by atoms with Gasteiger partial charge in [0.15, 0.2) is 5.78 Å². The van der Waals surface area contributed by atoms with Gasteiger partial charge in [-0.15, -0.1) is 0 Å². The van der Waals surface area contributed by atoms with E-state index in [1.165, 1.54) is 49.9 Å². The number of benzene rings is 8. The molecule has 0 aliphatic rings. The molecular formula is C63H66O9S2. The lowest BCUT2D eigenvalue weighted by molar-refractivity contribution is 0.103. The number of fused-ring (bicyclic) bond motifs is 2. The Bertz CT molecular complexity index is 3390. The van der Waals surface area contributed by atoms with Crippen molar-refractivity contribution in [3.05, 3.63) is 162 Å². The second-order valence-electron chi connectivity index (χ2n) is 22.4. The first-order valence-corrected chi connectivity index (χ1v) is 26.3. The number of phenols is 4. The van der Waals surface area contributed by atoms with Gasteiger partial charge in [-0.05, 0) is 129 Å². The zero-order chi connectivity index (χ0) is 53.3. The summed E-state index contributed by atoms with van der Waals surface area (Å²) in [6, 6.07) is 42.1. The van der Waals surface area contributed by atoms with Crippen LogP contribution in [0.4, 0.5) is 0 Å². The van der Waals surface area contributed by atoms with Crippen molar-refractivity contribution in [2.24, 2.45) is 10.8 Å². The highest BCUT2D eigenvalue weighted by Gasteiger charge is 2.35. The Kier molecular flexibility index (Phi) is 15.2. The first-order chi connectivity index (χ1) is 34.9. The molecule has 1 unspecified atom stereocenters. The number of carbonyl (C=O) groups excluding carboxylic acids is 1. The molecule has 8 aromatic rings. The molecule has 0 heterocycles. The molecule has 384 valence electrons. The lowest BCUT2D eigenvalue weighted by atomic mass is 9.71. The van der Waals surface area contributed by atoms with Crippen LogP contribution in [0.3, 0.4) is 0 Å². The van der Waals surface area contributed by atoms with E-state index in [2.05, 4.69) is 62.3 Å². The maximum atomic E-state index is 14.1. The summed E-state index contributed by atoms with van der Waals surface area (Å²) in [5.74, 6) is 1.78. The Morgan fingerprint density at radius 2 is 1.05 bits per heavy atom. The summed E-state index contributed by atoms with van der Waals surface area (Å²) >= 11 is 2.74. The number of carbonyl (C=O) groups is 1. The van der Waals surface area contributed by atoms with E-state index in [1.807, 2.05) is 84.9 Å². The Balaban J connectivity index is 1.20. The summed E-state index contributed by atoms with van der Waals surface area (Å²) in [4.78, 5) is 16.8. The maximum Gasteiger partial charge on any atom is 0.200 e. The molecule has 0 aromatic heterocycles. The molecule has 0 aliphatic heterocycles. The van der Waals surface area contributed by atoms with E-state index in [0.29, 0.717) is 44.1 Å². The van der Waals surface area contributed by atoms with Gasteiger partial charge in [-0.2, -0.15) is 0 Å². The molecule has 11 heteroatoms. The summed E-state index contributed by atoms with van der Waals surface area (Å²) in [6.07, 6.45) is 1.66. The van der Waals surface area contributed by atoms with E-state index in [0.717, 1.165) is 44.0 Å². The number of rotatable bonds is 17. The van der Waals surface area contributed by atoms with Crippen LogP contribution in [0.1, 0.15) is 102 Å². The molecule has 0 bridgehead atoms. The molecule has 0 fully saturated rings. The number of methoxy groups -OCH3 is 2. The monoisotopic (exact) mass is 1030 g/mol. The molecule has 74 heavy (non-hydrogen) atoms. The minimum Gasteiger partial charge on any atom is -0.507 e. The highest BCUT2D eigenvalue weighted by Crippen LogP contribution is 2.50. The van der Waals surface area contributed by atoms with Gasteiger partial charge in [0.05, 0.1) is 51.5 Å². The molecule has 0 saturated heterocycles. The van der Waals surface area contributed by atoms with Crippen molar-refractivity contribution in [1.82, 2.24) is 0 Å². The van der Waals surface area contributed by atoms with Crippen molar-refractivity contribution in [3.8, 4) is 51.7 Å². The van der Waals surface area contributed by atoms with Crippen molar-refractivity contribution in [3.63, 3.8) is 0 Å². The van der Waals surface area contributed by atoms with Gasteiger partial charge in [-0.25, -0.2) is 0 Å². The summed E-state index contributed by atoms with van der Waals surface area (Å²) in [5, 5.41) is 48.5. The minimum absolute atomic E-state index is 0.0794. The van der Waals surface area contributed by atoms with Crippen LogP contribution in [0, 0.1) is 10.8 Å². The molecule has 0 saturated carbocycles. The van der Waals surface area contributed by atoms with E-state index in [9.17, 15) is 25.2 Å². The molecule has 4 N–H and O–H groups in total. The smallest absolute Gasteiger partial charge is 0.200 e. The quantitative estimate of drug-likeness (QED) is 0.0649. The van der Waals surface area contributed by atoms with Gasteiger partial charge in [0.1, 0.15) is 51.7 Å². The van der Waals surface area contributed by atoms with E-state index in [-0.39, 0.29) is 62.7 Å². The topological polar surface area (TPSA) is 135 Å². The maximum absolute atomic E-state index is 14.1. The summed E-state index contributed by atoms with van der Waals surface area (Å²) < 4.78 is 24.5. The summed E-state index contributed by atoms with van der Waals surface area (Å²) in [7, 11) is 3.02. The number of aromatic hydroxyl groups is 4. The van der Waals surface area contributed by atoms with Crippen molar-refractivity contribution < 1.29 is 44.2 Å². The lowest BCUT2D eigenvalue weighted by Crippen LogP contribution is -2.34. The second kappa shape index (κ2) is 21.1. The third-order valence-electron chi connectivity index (χ3n) is 13.1. The van der Waals surface area contributed by atoms with Crippen LogP contribution in [0.25, 0.3) is 21.5 Å². The van der Waals surface area contributed by atoms with Gasteiger partial charge in [0.25, 0.3) is 0 Å². The first-order valence-electron chi connectivity index (χ1n) is 24.6. The van der Waals surface area contributed by atoms with E-state index in [4.69, 9.17) is 18.9 Å². The molecule has 0 aliphatic carbocycles. The van der Waals surface area contributed by atoms with Gasteiger partial charge in [0.2, 0.25) is 0 Å². The fourth-order valence-electron chi connectivity index (χ4n) is 10.2. The number of phenolic OH excluding ortho intramolecular Hbond substituents is 4. The van der Waals surface area contributed by atoms with Crippen molar-refractivity contribution >= 4 is 50.9 Å². The fraction of sp³-hybridized carbons (Fsp3) is 0.286. The molecule has 8 rings (SSSR count). The zero-order valence-electron chi connectivity index (χ0n) is 44.0. The lowest BCUT2D eigenvalue weighted by Gasteiger charge is -2.36. The van der Waals surface area contributed by atoms with Gasteiger partial charge >= 0.3 is 0 Å². The van der Waals surface area contributed by atoms with Gasteiger partial charge in [-0.3, -0.25) is 4.79 Å². The number of hydrogen-bond acceptors (Lipinski definition) is 11. The second-order valence-corrected chi connectivity index (χ2v) is 24.5. The van der Waals surface area contributed by atoms with E-state index in [1.54, 1.807) is 42.5 Å². The van der Waals surface area contributed by atoms with Gasteiger partial charge in [-0.1, -0.05) is 140 Å². The van der Waals surface area contributed by atoms with Crippen molar-refractivity contribution in [2.45, 2.75) is 106 Å². The molecule has 0 spiro atoms. The number of hydrogen-bond donors (Lipinski definition) is 4. The normalized spacial score (nSPS) is 12.9. The zero-order valence-corrected chi connectivity index (χ0v) is 45.7. The highest BCUT2D eigenvalue weighted by atomic mass is 32.2. The SMILES string of the molecule is COc1ccc(C(=O)c2ccc(OC)cc2Oc2ccc3ccc(OCC(C)(CC(C)(C)C)c4ccc(O)c(Sc5cc(C(C)(C)CC(C)(C)C)ccc5O)c4)c(Sc4c(O)ccc5ccccc45)c3c2)c(O)c1. The summed E-state index contributed by atoms with van der Waals surface area (Å²) in [6.45, 7) is 20.2. The third-order valence-corrected chi connectivity index (χ3v) is 15.5. The Hall–Kier alpha value is -6.95. The number of ketones is 1. The average molecular weight is 1030 g/mol. The Morgan fingerprint density at radius 1 is 0.486 bits per heavy atom. The highest BCUT2D eigenvalue weighted by molar-refractivity contribution is 8.00.